The molecule has 0 saturated carbocycles. The highest BCUT2D eigenvalue weighted by Crippen LogP contribution is 2.18. The van der Waals surface area contributed by atoms with E-state index in [4.69, 9.17) is 0 Å². The van der Waals surface area contributed by atoms with Crippen LogP contribution in [0.1, 0.15) is 34.1 Å². The first kappa shape index (κ1) is 13.0. The van der Waals surface area contributed by atoms with Crippen LogP contribution in [0.4, 0.5) is 0 Å². The minimum atomic E-state index is -0.140. The lowest BCUT2D eigenvalue weighted by Crippen LogP contribution is -2.41. The fourth-order valence-corrected chi connectivity index (χ4v) is 1.75. The zero-order valence-corrected chi connectivity index (χ0v) is 10.5. The van der Waals surface area contributed by atoms with Crippen LogP contribution in [0.2, 0.25) is 0 Å². The first-order valence-corrected chi connectivity index (χ1v) is 5.71. The van der Waals surface area contributed by atoms with Gasteiger partial charge in [0.1, 0.15) is 5.76 Å². The summed E-state index contributed by atoms with van der Waals surface area (Å²) < 4.78 is 0. The third kappa shape index (κ3) is 4.23. The van der Waals surface area contributed by atoms with Crippen molar-refractivity contribution in [1.82, 2.24) is 10.6 Å². The molecule has 0 fully saturated rings. The van der Waals surface area contributed by atoms with Gasteiger partial charge in [0.05, 0.1) is 6.04 Å². The molecule has 0 aromatic rings. The zero-order valence-electron chi connectivity index (χ0n) is 10.5. The van der Waals surface area contributed by atoms with E-state index >= 15 is 0 Å². The van der Waals surface area contributed by atoms with Gasteiger partial charge in [-0.25, -0.2) is 0 Å². The van der Waals surface area contributed by atoms with Crippen LogP contribution < -0.4 is 10.6 Å². The topological polar surface area (TPSA) is 61.4 Å². The normalized spacial score (nSPS) is 25.4. The minimum absolute atomic E-state index is 0.00162. The molecule has 4 heteroatoms. The fraction of sp³-hybridized carbons (Fsp3) is 0.750. The molecule has 0 aromatic carbocycles. The van der Waals surface area contributed by atoms with Gasteiger partial charge in [-0.3, -0.25) is 10.1 Å². The Bertz CT molecular complexity index is 292. The van der Waals surface area contributed by atoms with Gasteiger partial charge < -0.3 is 10.4 Å². The molecule has 1 heterocycles. The Morgan fingerprint density at radius 2 is 2.19 bits per heavy atom. The highest BCUT2D eigenvalue weighted by Gasteiger charge is 2.23. The predicted molar refractivity (Wildman–Crippen MR) is 64.2 cm³/mol. The molecule has 0 spiro atoms. The number of nitrogens with one attached hydrogen (secondary N) is 2. The van der Waals surface area contributed by atoms with E-state index in [9.17, 15) is 9.90 Å². The molecule has 0 aliphatic carbocycles. The Morgan fingerprint density at radius 3 is 2.62 bits per heavy atom. The van der Waals surface area contributed by atoms with Gasteiger partial charge in [0.25, 0.3) is 0 Å². The molecule has 0 aromatic heterocycles. The van der Waals surface area contributed by atoms with Crippen LogP contribution in [0.5, 0.6) is 0 Å². The molecule has 4 nitrogen and oxygen atoms in total. The van der Waals surface area contributed by atoms with E-state index in [0.29, 0.717) is 18.7 Å². The summed E-state index contributed by atoms with van der Waals surface area (Å²) in [7, 11) is 0. The van der Waals surface area contributed by atoms with E-state index in [-0.39, 0.29) is 23.4 Å². The summed E-state index contributed by atoms with van der Waals surface area (Å²) >= 11 is 0. The fourth-order valence-electron chi connectivity index (χ4n) is 1.75. The van der Waals surface area contributed by atoms with Crippen molar-refractivity contribution in [1.29, 1.82) is 0 Å². The van der Waals surface area contributed by atoms with Crippen molar-refractivity contribution in [2.45, 2.75) is 46.2 Å². The van der Waals surface area contributed by atoms with Crippen LogP contribution in [0.3, 0.4) is 0 Å². The summed E-state index contributed by atoms with van der Waals surface area (Å²) in [5.74, 6) is 0.352. The second kappa shape index (κ2) is 4.87. The Hall–Kier alpha value is -1.03. The monoisotopic (exact) mass is 226 g/mol. The largest absolute Gasteiger partial charge is 0.511 e. The van der Waals surface area contributed by atoms with Crippen LogP contribution in [-0.4, -0.2) is 29.6 Å². The quantitative estimate of drug-likeness (QED) is 0.680. The molecule has 1 aliphatic rings. The Kier molecular flexibility index (Phi) is 3.97. The maximum absolute atomic E-state index is 11.6. The van der Waals surface area contributed by atoms with Crippen molar-refractivity contribution >= 4 is 5.91 Å². The lowest BCUT2D eigenvalue weighted by atomic mass is 9.92. The molecule has 1 amide bonds. The second-order valence-corrected chi connectivity index (χ2v) is 5.64. The van der Waals surface area contributed by atoms with Crippen LogP contribution in [-0.2, 0) is 4.79 Å². The van der Waals surface area contributed by atoms with E-state index in [1.165, 1.54) is 0 Å². The molecule has 0 bridgehead atoms. The predicted octanol–water partition coefficient (Wildman–Crippen LogP) is 1.34. The van der Waals surface area contributed by atoms with Crippen LogP contribution in [0, 0.1) is 5.41 Å². The molecule has 1 rings (SSSR count). The summed E-state index contributed by atoms with van der Waals surface area (Å²) in [6, 6.07) is 0.0310. The molecule has 0 unspecified atom stereocenters. The zero-order chi connectivity index (χ0) is 12.3. The third-order valence-electron chi connectivity index (χ3n) is 2.44. The van der Waals surface area contributed by atoms with Crippen molar-refractivity contribution in [3.05, 3.63) is 11.8 Å². The van der Waals surface area contributed by atoms with E-state index in [0.717, 1.165) is 0 Å². The van der Waals surface area contributed by atoms with Gasteiger partial charge >= 0.3 is 0 Å². The maximum atomic E-state index is 11.6. The maximum Gasteiger partial charge on any atom is 0.220 e. The van der Waals surface area contributed by atoms with E-state index in [1.54, 1.807) is 6.08 Å². The Morgan fingerprint density at radius 1 is 1.56 bits per heavy atom. The summed E-state index contributed by atoms with van der Waals surface area (Å²) in [4.78, 5) is 11.6. The van der Waals surface area contributed by atoms with Gasteiger partial charge in [-0.1, -0.05) is 20.8 Å². The summed E-state index contributed by atoms with van der Waals surface area (Å²) in [6.07, 6.45) is 2.26. The average molecular weight is 226 g/mol. The van der Waals surface area contributed by atoms with Crippen molar-refractivity contribution in [3.63, 3.8) is 0 Å². The first-order chi connectivity index (χ1) is 7.28. The van der Waals surface area contributed by atoms with Gasteiger partial charge in [0.2, 0.25) is 5.91 Å². The number of hydrogen-bond acceptors (Lipinski definition) is 3. The molecule has 1 aliphatic heterocycles. The second-order valence-electron chi connectivity index (χ2n) is 5.64. The lowest BCUT2D eigenvalue weighted by molar-refractivity contribution is -0.122. The summed E-state index contributed by atoms with van der Waals surface area (Å²) in [6.45, 7) is 8.49. The van der Waals surface area contributed by atoms with Gasteiger partial charge in [-0.2, -0.15) is 0 Å². The number of rotatable bonds is 3. The third-order valence-corrected chi connectivity index (χ3v) is 2.44. The summed E-state index contributed by atoms with van der Waals surface area (Å²) in [5, 5.41) is 15.5. The van der Waals surface area contributed by atoms with Crippen LogP contribution in [0.15, 0.2) is 11.8 Å². The van der Waals surface area contributed by atoms with Crippen molar-refractivity contribution < 1.29 is 9.90 Å². The number of amides is 1. The van der Waals surface area contributed by atoms with E-state index in [2.05, 4.69) is 10.6 Å². The van der Waals surface area contributed by atoms with Crippen molar-refractivity contribution in [3.8, 4) is 0 Å². The molecule has 2 atom stereocenters. The number of carbonyl (C=O) groups is 1. The molecule has 3 N–H and O–H groups in total. The first-order valence-electron chi connectivity index (χ1n) is 5.71. The van der Waals surface area contributed by atoms with Gasteiger partial charge in [-0.05, 0) is 18.4 Å². The standard InChI is InChI=1S/C12H22N2O2/c1-8-5-10(15)9(14-8)7-13-11(16)6-12(2,3)4/h5,8-9,14-15H,6-7H2,1-4H3,(H,13,16)/t8-,9+/m1/s1. The molecular formula is C12H22N2O2. The smallest absolute Gasteiger partial charge is 0.220 e. The van der Waals surface area contributed by atoms with E-state index in [1.807, 2.05) is 27.7 Å². The van der Waals surface area contributed by atoms with Gasteiger partial charge in [0.15, 0.2) is 0 Å². The van der Waals surface area contributed by atoms with Crippen molar-refractivity contribution in [2.75, 3.05) is 6.54 Å². The average Bonchev–Trinajstić information content (AvgIpc) is 2.38. The molecule has 0 radical (unpaired) electrons. The number of carbonyl (C=O) groups excluding carboxylic acids is 1. The summed E-state index contributed by atoms with van der Waals surface area (Å²) in [5.41, 5.74) is -0.00162. The van der Waals surface area contributed by atoms with E-state index < -0.39 is 0 Å². The highest BCUT2D eigenvalue weighted by atomic mass is 16.3. The molecule has 0 saturated heterocycles. The lowest BCUT2D eigenvalue weighted by Gasteiger charge is -2.19. The van der Waals surface area contributed by atoms with Gasteiger partial charge in [0, 0.05) is 19.0 Å². The number of aliphatic hydroxyl groups is 1. The highest BCUT2D eigenvalue weighted by molar-refractivity contribution is 5.76. The Balaban J connectivity index is 2.31. The van der Waals surface area contributed by atoms with Crippen LogP contribution in [0.25, 0.3) is 0 Å². The minimum Gasteiger partial charge on any atom is -0.511 e. The molecular weight excluding hydrogens is 204 g/mol. The van der Waals surface area contributed by atoms with Gasteiger partial charge in [-0.15, -0.1) is 0 Å². The molecule has 16 heavy (non-hydrogen) atoms. The Labute approximate surface area is 97.1 Å². The van der Waals surface area contributed by atoms with Crippen LogP contribution >= 0.6 is 0 Å². The van der Waals surface area contributed by atoms with Crippen molar-refractivity contribution in [2.24, 2.45) is 5.41 Å². The number of hydrogen-bond donors (Lipinski definition) is 3. The SMILES string of the molecule is C[C@@H]1C=C(O)[C@H](CNC(=O)CC(C)(C)C)N1. The molecule has 92 valence electrons. The number of aliphatic hydroxyl groups excluding tert-OH is 1.